The minimum atomic E-state index is -0.716. The topological polar surface area (TPSA) is 49.8 Å². The Hall–Kier alpha value is -0.610. The van der Waals surface area contributed by atoms with E-state index in [-0.39, 0.29) is 5.97 Å². The second-order valence-corrected chi connectivity index (χ2v) is 4.01. The molecule has 0 heterocycles. The molecule has 4 nitrogen and oxygen atoms in total. The van der Waals surface area contributed by atoms with E-state index >= 15 is 0 Å². The number of carbonyl (C=O) groups excluding carboxylic acids is 1. The lowest BCUT2D eigenvalue weighted by atomic mass is 10.1. The molecule has 0 bridgehead atoms. The summed E-state index contributed by atoms with van der Waals surface area (Å²) < 4.78 is 4.55. The predicted octanol–water partition coefficient (Wildman–Crippen LogP) is 0.642. The van der Waals surface area contributed by atoms with Crippen molar-refractivity contribution in [2.24, 2.45) is 0 Å². The molecule has 0 aliphatic rings. The molecule has 0 unspecified atom stereocenters. The van der Waals surface area contributed by atoms with E-state index in [1.54, 1.807) is 13.8 Å². The minimum absolute atomic E-state index is 0.209. The van der Waals surface area contributed by atoms with Crippen LogP contribution < -0.4 is 0 Å². The summed E-state index contributed by atoms with van der Waals surface area (Å²) in [4.78, 5) is 12.9. The van der Waals surface area contributed by atoms with Gasteiger partial charge in [-0.15, -0.1) is 0 Å². The molecule has 0 aromatic carbocycles. The number of aliphatic hydroxyl groups is 1. The van der Waals surface area contributed by atoms with Crippen molar-refractivity contribution in [3.05, 3.63) is 0 Å². The van der Waals surface area contributed by atoms with Gasteiger partial charge in [-0.05, 0) is 20.4 Å². The Bertz CT molecular complexity index is 175. The zero-order valence-electron chi connectivity index (χ0n) is 9.54. The Kier molecular flexibility index (Phi) is 5.72. The number of hydrogen-bond donors (Lipinski definition) is 1. The van der Waals surface area contributed by atoms with Crippen molar-refractivity contribution in [3.63, 3.8) is 0 Å². The number of nitrogens with zero attached hydrogens (tertiary/aromatic N) is 1. The van der Waals surface area contributed by atoms with Gasteiger partial charge in [0.15, 0.2) is 0 Å². The van der Waals surface area contributed by atoms with Crippen molar-refractivity contribution in [1.82, 2.24) is 4.90 Å². The number of esters is 1. The zero-order chi connectivity index (χ0) is 11.2. The van der Waals surface area contributed by atoms with Crippen LogP contribution in [0.1, 0.15) is 27.2 Å². The van der Waals surface area contributed by atoms with E-state index in [4.69, 9.17) is 0 Å². The van der Waals surface area contributed by atoms with Crippen molar-refractivity contribution < 1.29 is 14.6 Å². The monoisotopic (exact) mass is 203 g/mol. The summed E-state index contributed by atoms with van der Waals surface area (Å²) in [6, 6.07) is 0. The number of likely N-dealkylation sites (N-methyl/N-ethyl adjacent to an activating group) is 1. The Morgan fingerprint density at radius 2 is 2.07 bits per heavy atom. The van der Waals surface area contributed by atoms with E-state index in [1.165, 1.54) is 7.11 Å². The first-order valence-corrected chi connectivity index (χ1v) is 4.90. The van der Waals surface area contributed by atoms with E-state index in [0.29, 0.717) is 19.5 Å². The standard InChI is InChI=1S/C10H21NO3/c1-5-11(8-10(2,3)13)7-6-9(12)14-4/h13H,5-8H2,1-4H3. The highest BCUT2D eigenvalue weighted by Gasteiger charge is 2.17. The molecule has 0 saturated heterocycles. The highest BCUT2D eigenvalue weighted by atomic mass is 16.5. The third kappa shape index (κ3) is 6.86. The van der Waals surface area contributed by atoms with Gasteiger partial charge in [-0.25, -0.2) is 0 Å². The number of hydrogen-bond acceptors (Lipinski definition) is 4. The third-order valence-corrected chi connectivity index (χ3v) is 1.92. The predicted molar refractivity (Wildman–Crippen MR) is 55.0 cm³/mol. The average molecular weight is 203 g/mol. The molecule has 14 heavy (non-hydrogen) atoms. The van der Waals surface area contributed by atoms with Crippen molar-refractivity contribution in [2.45, 2.75) is 32.8 Å². The van der Waals surface area contributed by atoms with Crippen LogP contribution >= 0.6 is 0 Å². The van der Waals surface area contributed by atoms with Crippen LogP contribution in [0.25, 0.3) is 0 Å². The fourth-order valence-electron chi connectivity index (χ4n) is 1.25. The molecule has 0 atom stereocenters. The molecule has 0 aromatic rings. The van der Waals surface area contributed by atoms with Gasteiger partial charge >= 0.3 is 5.97 Å². The second kappa shape index (κ2) is 5.98. The van der Waals surface area contributed by atoms with Gasteiger partial charge in [0.25, 0.3) is 0 Å². The lowest BCUT2D eigenvalue weighted by Crippen LogP contribution is -2.39. The van der Waals surface area contributed by atoms with Crippen LogP contribution in [0.3, 0.4) is 0 Å². The summed E-state index contributed by atoms with van der Waals surface area (Å²) in [6.45, 7) is 7.54. The van der Waals surface area contributed by atoms with Gasteiger partial charge < -0.3 is 14.7 Å². The molecule has 0 spiro atoms. The first-order chi connectivity index (χ1) is 6.39. The number of ether oxygens (including phenoxy) is 1. The van der Waals surface area contributed by atoms with Gasteiger partial charge in [0.05, 0.1) is 19.1 Å². The zero-order valence-corrected chi connectivity index (χ0v) is 9.54. The fourth-order valence-corrected chi connectivity index (χ4v) is 1.25. The van der Waals surface area contributed by atoms with Crippen LogP contribution in [0.5, 0.6) is 0 Å². The highest BCUT2D eigenvalue weighted by Crippen LogP contribution is 2.05. The van der Waals surface area contributed by atoms with Gasteiger partial charge in [0, 0.05) is 13.1 Å². The molecular formula is C10H21NO3. The van der Waals surface area contributed by atoms with Gasteiger partial charge in [0.1, 0.15) is 0 Å². The van der Waals surface area contributed by atoms with E-state index in [2.05, 4.69) is 4.74 Å². The molecule has 84 valence electrons. The second-order valence-electron chi connectivity index (χ2n) is 4.01. The van der Waals surface area contributed by atoms with E-state index in [1.807, 2.05) is 11.8 Å². The maximum absolute atomic E-state index is 10.9. The van der Waals surface area contributed by atoms with Crippen LogP contribution in [0.2, 0.25) is 0 Å². The molecule has 0 rings (SSSR count). The lowest BCUT2D eigenvalue weighted by molar-refractivity contribution is -0.141. The summed E-state index contributed by atoms with van der Waals surface area (Å²) in [5.41, 5.74) is -0.716. The summed E-state index contributed by atoms with van der Waals surface area (Å²) in [5.74, 6) is -0.209. The Morgan fingerprint density at radius 3 is 2.43 bits per heavy atom. The van der Waals surface area contributed by atoms with Crippen LogP contribution in [0.15, 0.2) is 0 Å². The maximum Gasteiger partial charge on any atom is 0.306 e. The summed E-state index contributed by atoms with van der Waals surface area (Å²) >= 11 is 0. The quantitative estimate of drug-likeness (QED) is 0.644. The van der Waals surface area contributed by atoms with Gasteiger partial charge in [-0.2, -0.15) is 0 Å². The van der Waals surface area contributed by atoms with Crippen molar-refractivity contribution in [1.29, 1.82) is 0 Å². The van der Waals surface area contributed by atoms with E-state index in [9.17, 15) is 9.90 Å². The minimum Gasteiger partial charge on any atom is -0.469 e. The number of rotatable bonds is 6. The van der Waals surface area contributed by atoms with E-state index < -0.39 is 5.60 Å². The molecule has 0 radical (unpaired) electrons. The Balaban J connectivity index is 3.86. The summed E-state index contributed by atoms with van der Waals surface area (Å²) in [5, 5.41) is 9.58. The number of methoxy groups -OCH3 is 1. The first kappa shape index (κ1) is 13.4. The Morgan fingerprint density at radius 1 is 1.50 bits per heavy atom. The fraction of sp³-hybridized carbons (Fsp3) is 0.900. The van der Waals surface area contributed by atoms with Crippen LogP contribution in [-0.4, -0.2) is 48.3 Å². The molecule has 0 aliphatic carbocycles. The third-order valence-electron chi connectivity index (χ3n) is 1.92. The molecule has 0 amide bonds. The van der Waals surface area contributed by atoms with E-state index in [0.717, 1.165) is 6.54 Å². The van der Waals surface area contributed by atoms with Crippen molar-refractivity contribution in [2.75, 3.05) is 26.7 Å². The normalized spacial score (nSPS) is 11.9. The van der Waals surface area contributed by atoms with Gasteiger partial charge in [-0.1, -0.05) is 6.92 Å². The summed E-state index contributed by atoms with van der Waals surface area (Å²) in [7, 11) is 1.38. The average Bonchev–Trinajstić information content (AvgIpc) is 2.09. The lowest BCUT2D eigenvalue weighted by Gasteiger charge is -2.27. The summed E-state index contributed by atoms with van der Waals surface area (Å²) in [6.07, 6.45) is 0.375. The van der Waals surface area contributed by atoms with Crippen molar-refractivity contribution >= 4 is 5.97 Å². The van der Waals surface area contributed by atoms with Crippen molar-refractivity contribution in [3.8, 4) is 0 Å². The maximum atomic E-state index is 10.9. The molecule has 0 aliphatic heterocycles. The molecule has 0 fully saturated rings. The van der Waals surface area contributed by atoms with Gasteiger partial charge in [-0.3, -0.25) is 4.79 Å². The van der Waals surface area contributed by atoms with Gasteiger partial charge in [0.2, 0.25) is 0 Å². The smallest absolute Gasteiger partial charge is 0.306 e. The SMILES string of the molecule is CCN(CCC(=O)OC)CC(C)(C)O. The molecule has 0 aromatic heterocycles. The molecule has 4 heteroatoms. The van der Waals surface area contributed by atoms with Crippen LogP contribution in [0.4, 0.5) is 0 Å². The molecular weight excluding hydrogens is 182 g/mol. The van der Waals surface area contributed by atoms with Crippen LogP contribution in [0, 0.1) is 0 Å². The van der Waals surface area contributed by atoms with Crippen LogP contribution in [-0.2, 0) is 9.53 Å². The molecule has 1 N–H and O–H groups in total. The number of carbonyl (C=O) groups is 1. The molecule has 0 saturated carbocycles. The largest absolute Gasteiger partial charge is 0.469 e. The first-order valence-electron chi connectivity index (χ1n) is 4.90. The highest BCUT2D eigenvalue weighted by molar-refractivity contribution is 5.69. The Labute approximate surface area is 85.9 Å².